The summed E-state index contributed by atoms with van der Waals surface area (Å²) in [6.07, 6.45) is -4.55. The Kier molecular flexibility index (Phi) is 2.27. The van der Waals surface area contributed by atoms with E-state index in [0.29, 0.717) is 0 Å². The van der Waals surface area contributed by atoms with Crippen molar-refractivity contribution in [2.24, 2.45) is 7.05 Å². The van der Waals surface area contributed by atoms with E-state index in [1.54, 1.807) is 0 Å². The lowest BCUT2D eigenvalue weighted by Crippen LogP contribution is -2.07. The summed E-state index contributed by atoms with van der Waals surface area (Å²) >= 11 is 10.6. The van der Waals surface area contributed by atoms with Crippen LogP contribution in [0.5, 0.6) is 0 Å². The maximum absolute atomic E-state index is 12.0. The number of aryl methyl sites for hydroxylation is 1. The maximum atomic E-state index is 12.0. The van der Waals surface area contributed by atoms with E-state index in [9.17, 15) is 13.2 Å². The lowest BCUT2D eigenvalue weighted by atomic mass is 10.4. The molecule has 1 aromatic heterocycles. The fraction of sp³-hybridized carbons (Fsp3) is 0.400. The van der Waals surface area contributed by atoms with Crippen molar-refractivity contribution in [1.82, 2.24) is 9.78 Å². The standard InChI is InChI=1S/C5H3Cl2F3N2/c1-12-4(7)2(6)3(11-12)5(8,9)10/h1H3. The Balaban J connectivity index is 3.28. The monoisotopic (exact) mass is 218 g/mol. The fourth-order valence-corrected chi connectivity index (χ4v) is 1.05. The van der Waals surface area contributed by atoms with Crippen molar-refractivity contribution in [3.63, 3.8) is 0 Å². The summed E-state index contributed by atoms with van der Waals surface area (Å²) in [5.41, 5.74) is -1.16. The first-order valence-corrected chi connectivity index (χ1v) is 3.55. The predicted molar refractivity (Wildman–Crippen MR) is 38.2 cm³/mol. The van der Waals surface area contributed by atoms with E-state index in [1.165, 1.54) is 7.05 Å². The molecular formula is C5H3Cl2F3N2. The van der Waals surface area contributed by atoms with Gasteiger partial charge in [0.25, 0.3) is 0 Å². The van der Waals surface area contributed by atoms with Gasteiger partial charge in [-0.2, -0.15) is 18.3 Å². The molecule has 0 atom stereocenters. The molecule has 0 aromatic carbocycles. The molecule has 0 N–H and O–H groups in total. The lowest BCUT2D eigenvalue weighted by Gasteiger charge is -2.00. The lowest BCUT2D eigenvalue weighted by molar-refractivity contribution is -0.141. The average molecular weight is 219 g/mol. The van der Waals surface area contributed by atoms with Gasteiger partial charge in [-0.05, 0) is 0 Å². The Morgan fingerprint density at radius 3 is 2.00 bits per heavy atom. The molecule has 0 aliphatic carbocycles. The van der Waals surface area contributed by atoms with Gasteiger partial charge >= 0.3 is 6.18 Å². The Labute approximate surface area is 75.9 Å². The minimum Gasteiger partial charge on any atom is -0.255 e. The van der Waals surface area contributed by atoms with Gasteiger partial charge in [0.1, 0.15) is 10.2 Å². The second kappa shape index (κ2) is 2.81. The smallest absolute Gasteiger partial charge is 0.255 e. The minimum atomic E-state index is -4.55. The zero-order valence-corrected chi connectivity index (χ0v) is 7.30. The predicted octanol–water partition coefficient (Wildman–Crippen LogP) is 2.75. The molecule has 1 aromatic rings. The molecule has 0 amide bonds. The number of hydrogen-bond donors (Lipinski definition) is 0. The topological polar surface area (TPSA) is 17.8 Å². The molecule has 0 saturated heterocycles. The molecule has 0 spiro atoms. The van der Waals surface area contributed by atoms with E-state index in [0.717, 1.165) is 4.68 Å². The first-order valence-electron chi connectivity index (χ1n) is 2.79. The number of nitrogens with zero attached hydrogens (tertiary/aromatic N) is 2. The van der Waals surface area contributed by atoms with Gasteiger partial charge in [-0.25, -0.2) is 0 Å². The summed E-state index contributed by atoms with van der Waals surface area (Å²) in [6, 6.07) is 0. The van der Waals surface area contributed by atoms with Crippen LogP contribution in [0.15, 0.2) is 0 Å². The highest BCUT2D eigenvalue weighted by Gasteiger charge is 2.38. The van der Waals surface area contributed by atoms with E-state index in [-0.39, 0.29) is 5.15 Å². The van der Waals surface area contributed by atoms with Gasteiger partial charge in [0, 0.05) is 7.05 Å². The highest BCUT2D eigenvalue weighted by molar-refractivity contribution is 6.41. The SMILES string of the molecule is Cn1nc(C(F)(F)F)c(Cl)c1Cl. The minimum absolute atomic E-state index is 0.219. The van der Waals surface area contributed by atoms with Crippen molar-refractivity contribution in [3.05, 3.63) is 15.9 Å². The summed E-state index contributed by atoms with van der Waals surface area (Å²) in [6.45, 7) is 0. The third-order valence-corrected chi connectivity index (χ3v) is 2.08. The normalized spacial score (nSPS) is 12.2. The van der Waals surface area contributed by atoms with Crippen molar-refractivity contribution < 1.29 is 13.2 Å². The van der Waals surface area contributed by atoms with Crippen LogP contribution < -0.4 is 0 Å². The molecule has 0 saturated carbocycles. The van der Waals surface area contributed by atoms with Crippen LogP contribution in [0.2, 0.25) is 10.2 Å². The van der Waals surface area contributed by atoms with Crippen LogP contribution in [0.4, 0.5) is 13.2 Å². The van der Waals surface area contributed by atoms with Gasteiger partial charge in [-0.1, -0.05) is 23.2 Å². The van der Waals surface area contributed by atoms with Crippen LogP contribution in [0, 0.1) is 0 Å². The quantitative estimate of drug-likeness (QED) is 0.655. The number of hydrogen-bond acceptors (Lipinski definition) is 1. The molecule has 0 aliphatic rings. The molecule has 1 rings (SSSR count). The van der Waals surface area contributed by atoms with Gasteiger partial charge < -0.3 is 0 Å². The number of halogens is 5. The highest BCUT2D eigenvalue weighted by Crippen LogP contribution is 2.36. The highest BCUT2D eigenvalue weighted by atomic mass is 35.5. The van der Waals surface area contributed by atoms with Gasteiger partial charge in [0.05, 0.1) is 0 Å². The fourth-order valence-electron chi connectivity index (χ4n) is 0.659. The molecule has 0 unspecified atom stereocenters. The van der Waals surface area contributed by atoms with Crippen LogP contribution in [0.3, 0.4) is 0 Å². The van der Waals surface area contributed by atoms with Crippen molar-refractivity contribution in [3.8, 4) is 0 Å². The van der Waals surface area contributed by atoms with Crippen LogP contribution in [0.1, 0.15) is 5.69 Å². The summed E-state index contributed by atoms with van der Waals surface area (Å²) in [4.78, 5) is 0. The molecule has 0 bridgehead atoms. The summed E-state index contributed by atoms with van der Waals surface area (Å²) in [7, 11) is 1.28. The second-order valence-electron chi connectivity index (χ2n) is 2.07. The maximum Gasteiger partial charge on any atom is 0.436 e. The van der Waals surface area contributed by atoms with Crippen molar-refractivity contribution in [2.75, 3.05) is 0 Å². The summed E-state index contributed by atoms with van der Waals surface area (Å²) in [5.74, 6) is 0. The largest absolute Gasteiger partial charge is 0.436 e. The van der Waals surface area contributed by atoms with E-state index >= 15 is 0 Å². The first-order chi connectivity index (χ1) is 5.34. The van der Waals surface area contributed by atoms with Gasteiger partial charge in [0.15, 0.2) is 5.69 Å². The van der Waals surface area contributed by atoms with Crippen molar-refractivity contribution in [1.29, 1.82) is 0 Å². The van der Waals surface area contributed by atoms with Crippen molar-refractivity contribution in [2.45, 2.75) is 6.18 Å². The molecule has 0 radical (unpaired) electrons. The zero-order chi connectivity index (χ0) is 9.52. The second-order valence-corrected chi connectivity index (χ2v) is 2.81. The molecule has 7 heteroatoms. The molecule has 0 fully saturated rings. The number of alkyl halides is 3. The summed E-state index contributed by atoms with van der Waals surface area (Å²) < 4.78 is 36.9. The van der Waals surface area contributed by atoms with E-state index in [2.05, 4.69) is 5.10 Å². The first kappa shape index (κ1) is 9.67. The molecular weight excluding hydrogens is 216 g/mol. The van der Waals surface area contributed by atoms with E-state index in [1.807, 2.05) is 0 Å². The molecule has 1 heterocycles. The third-order valence-electron chi connectivity index (χ3n) is 1.19. The molecule has 0 aliphatic heterocycles. The van der Waals surface area contributed by atoms with Crippen LogP contribution in [0.25, 0.3) is 0 Å². The Morgan fingerprint density at radius 2 is 1.83 bits per heavy atom. The van der Waals surface area contributed by atoms with Crippen LogP contribution >= 0.6 is 23.2 Å². The molecule has 12 heavy (non-hydrogen) atoms. The van der Waals surface area contributed by atoms with E-state index < -0.39 is 16.9 Å². The third kappa shape index (κ3) is 1.51. The average Bonchev–Trinajstić information content (AvgIpc) is 2.15. The van der Waals surface area contributed by atoms with Gasteiger partial charge in [-0.15, -0.1) is 0 Å². The number of aromatic nitrogens is 2. The Hall–Kier alpha value is -0.420. The Bertz CT molecular complexity index is 304. The summed E-state index contributed by atoms with van der Waals surface area (Å²) in [5, 5.41) is 2.33. The molecule has 68 valence electrons. The zero-order valence-electron chi connectivity index (χ0n) is 5.78. The van der Waals surface area contributed by atoms with Gasteiger partial charge in [0.2, 0.25) is 0 Å². The van der Waals surface area contributed by atoms with Gasteiger partial charge in [-0.3, -0.25) is 4.68 Å². The molecule has 2 nitrogen and oxygen atoms in total. The van der Waals surface area contributed by atoms with E-state index in [4.69, 9.17) is 23.2 Å². The van der Waals surface area contributed by atoms with Crippen LogP contribution in [-0.4, -0.2) is 9.78 Å². The van der Waals surface area contributed by atoms with Crippen LogP contribution in [-0.2, 0) is 13.2 Å². The Morgan fingerprint density at radius 1 is 1.33 bits per heavy atom. The van der Waals surface area contributed by atoms with Crippen molar-refractivity contribution >= 4 is 23.2 Å². The number of rotatable bonds is 0.